The minimum Gasteiger partial charge on any atom is -0.336 e. The summed E-state index contributed by atoms with van der Waals surface area (Å²) in [6.07, 6.45) is 3.13. The van der Waals surface area contributed by atoms with Crippen LogP contribution in [0.15, 0.2) is 78.0 Å². The van der Waals surface area contributed by atoms with Crippen LogP contribution < -0.4 is 4.72 Å². The molecule has 2 aromatic heterocycles. The zero-order valence-electron chi connectivity index (χ0n) is 20.3. The number of anilines is 1. The van der Waals surface area contributed by atoms with Gasteiger partial charge in [-0.25, -0.2) is 12.8 Å². The van der Waals surface area contributed by atoms with Crippen LogP contribution in [-0.2, 0) is 16.6 Å². The predicted molar refractivity (Wildman–Crippen MR) is 139 cm³/mol. The summed E-state index contributed by atoms with van der Waals surface area (Å²) in [4.78, 5) is 25.4. The molecule has 0 atom stereocenters. The highest BCUT2D eigenvalue weighted by molar-refractivity contribution is 7.93. The highest BCUT2D eigenvalue weighted by atomic mass is 32.2. The molecule has 0 bridgehead atoms. The van der Waals surface area contributed by atoms with Crippen LogP contribution in [0.25, 0.3) is 10.9 Å². The number of halogens is 1. The number of aromatic nitrogens is 2. The molecule has 0 aliphatic carbocycles. The van der Waals surface area contributed by atoms with Crippen molar-refractivity contribution in [2.75, 3.05) is 30.9 Å². The van der Waals surface area contributed by atoms with Crippen LogP contribution >= 0.6 is 0 Å². The molecule has 3 heterocycles. The van der Waals surface area contributed by atoms with Crippen LogP contribution in [0.1, 0.15) is 21.6 Å². The first-order valence-corrected chi connectivity index (χ1v) is 13.4. The van der Waals surface area contributed by atoms with Crippen molar-refractivity contribution in [2.45, 2.75) is 18.4 Å². The Morgan fingerprint density at radius 1 is 0.973 bits per heavy atom. The van der Waals surface area contributed by atoms with Gasteiger partial charge in [-0.05, 0) is 55.0 Å². The maximum atomic E-state index is 13.9. The number of sulfonamides is 1. The van der Waals surface area contributed by atoms with Gasteiger partial charge < -0.3 is 4.90 Å². The maximum Gasteiger partial charge on any atom is 0.264 e. The van der Waals surface area contributed by atoms with E-state index in [-0.39, 0.29) is 16.6 Å². The van der Waals surface area contributed by atoms with Gasteiger partial charge >= 0.3 is 0 Å². The second-order valence-corrected chi connectivity index (χ2v) is 10.6. The number of hydrogen-bond donors (Lipinski definition) is 1. The van der Waals surface area contributed by atoms with Gasteiger partial charge in [0.2, 0.25) is 0 Å². The molecule has 1 aliphatic rings. The number of benzene rings is 2. The summed E-state index contributed by atoms with van der Waals surface area (Å²) in [7, 11) is -3.90. The number of rotatable bonds is 6. The normalized spacial score (nSPS) is 14.6. The number of hydrogen-bond acceptors (Lipinski definition) is 6. The van der Waals surface area contributed by atoms with E-state index in [1.807, 2.05) is 12.1 Å². The molecule has 1 aliphatic heterocycles. The molecular formula is C27H26FN5O3S. The first kappa shape index (κ1) is 24.8. The molecule has 1 N–H and O–H groups in total. The van der Waals surface area contributed by atoms with E-state index in [0.717, 1.165) is 5.39 Å². The van der Waals surface area contributed by atoms with Crippen LogP contribution in [0, 0.1) is 12.7 Å². The smallest absolute Gasteiger partial charge is 0.264 e. The van der Waals surface area contributed by atoms with E-state index in [2.05, 4.69) is 19.6 Å². The lowest BCUT2D eigenvalue weighted by Gasteiger charge is -2.34. The summed E-state index contributed by atoms with van der Waals surface area (Å²) < 4.78 is 42.9. The zero-order chi connectivity index (χ0) is 26.0. The summed E-state index contributed by atoms with van der Waals surface area (Å²) in [5, 5.41) is 0.730. The average molecular weight is 520 g/mol. The molecule has 2 aromatic carbocycles. The molecule has 1 fully saturated rings. The van der Waals surface area contributed by atoms with Crippen molar-refractivity contribution in [1.29, 1.82) is 0 Å². The summed E-state index contributed by atoms with van der Waals surface area (Å²) in [5.74, 6) is -0.455. The van der Waals surface area contributed by atoms with E-state index >= 15 is 0 Å². The van der Waals surface area contributed by atoms with E-state index < -0.39 is 10.0 Å². The van der Waals surface area contributed by atoms with Crippen molar-refractivity contribution >= 4 is 32.5 Å². The lowest BCUT2D eigenvalue weighted by Crippen LogP contribution is -2.48. The Balaban J connectivity index is 1.26. The fourth-order valence-electron chi connectivity index (χ4n) is 4.44. The fraction of sp³-hybridized carbons (Fsp3) is 0.222. The highest BCUT2D eigenvalue weighted by Crippen LogP contribution is 2.26. The van der Waals surface area contributed by atoms with Gasteiger partial charge in [-0.15, -0.1) is 0 Å². The van der Waals surface area contributed by atoms with E-state index in [0.29, 0.717) is 60.7 Å². The van der Waals surface area contributed by atoms with Gasteiger partial charge in [0, 0.05) is 56.1 Å². The molecule has 0 radical (unpaired) electrons. The Kier molecular flexibility index (Phi) is 6.86. The van der Waals surface area contributed by atoms with Gasteiger partial charge in [0.25, 0.3) is 15.9 Å². The van der Waals surface area contributed by atoms with Crippen LogP contribution in [0.5, 0.6) is 0 Å². The van der Waals surface area contributed by atoms with Crippen molar-refractivity contribution in [3.05, 3.63) is 95.7 Å². The van der Waals surface area contributed by atoms with Crippen LogP contribution in [0.2, 0.25) is 0 Å². The summed E-state index contributed by atoms with van der Waals surface area (Å²) in [6.45, 7) is 4.39. The Morgan fingerprint density at radius 3 is 2.46 bits per heavy atom. The molecule has 1 saturated heterocycles. The second-order valence-electron chi connectivity index (χ2n) is 8.97. The van der Waals surface area contributed by atoms with Crippen LogP contribution in [0.3, 0.4) is 0 Å². The maximum absolute atomic E-state index is 13.9. The van der Waals surface area contributed by atoms with Gasteiger partial charge in [0.15, 0.2) is 0 Å². The largest absolute Gasteiger partial charge is 0.336 e. The van der Waals surface area contributed by atoms with Crippen molar-refractivity contribution in [3.8, 4) is 0 Å². The van der Waals surface area contributed by atoms with E-state index in [1.165, 1.54) is 12.1 Å². The topological polar surface area (TPSA) is 95.5 Å². The van der Waals surface area contributed by atoms with Crippen molar-refractivity contribution in [1.82, 2.24) is 19.8 Å². The quantitative estimate of drug-likeness (QED) is 0.416. The van der Waals surface area contributed by atoms with Crippen LogP contribution in [0.4, 0.5) is 10.1 Å². The third kappa shape index (κ3) is 5.30. The number of amides is 1. The predicted octanol–water partition coefficient (Wildman–Crippen LogP) is 3.84. The van der Waals surface area contributed by atoms with E-state index in [9.17, 15) is 17.6 Å². The molecule has 0 spiro atoms. The molecule has 0 saturated carbocycles. The number of fused-ring (bicyclic) bond motifs is 1. The van der Waals surface area contributed by atoms with Gasteiger partial charge in [0.1, 0.15) is 10.7 Å². The molecule has 5 rings (SSSR count). The summed E-state index contributed by atoms with van der Waals surface area (Å²) in [5.41, 5.74) is 2.30. The third-order valence-corrected chi connectivity index (χ3v) is 7.87. The molecular weight excluding hydrogens is 493 g/mol. The lowest BCUT2D eigenvalue weighted by molar-refractivity contribution is 0.0625. The Morgan fingerprint density at radius 2 is 1.70 bits per heavy atom. The number of nitrogens with zero attached hydrogens (tertiary/aromatic N) is 4. The van der Waals surface area contributed by atoms with Gasteiger partial charge in [0.05, 0.1) is 16.9 Å². The van der Waals surface area contributed by atoms with E-state index in [1.54, 1.807) is 60.6 Å². The van der Waals surface area contributed by atoms with Gasteiger partial charge in [-0.3, -0.25) is 24.4 Å². The monoisotopic (exact) mass is 519 g/mol. The standard InChI is InChI=1S/C27H26FN5O3S/c1-19-17-21(27(34)33-15-13-32(14-16-33)18-24-22(28)7-4-11-29-24)9-10-23(19)31-37(35,36)25-8-2-5-20-6-3-12-30-26(20)25/h2-12,17,31H,13-16,18H2,1H3. The third-order valence-electron chi connectivity index (χ3n) is 6.47. The molecule has 0 unspecified atom stereocenters. The number of piperazine rings is 1. The Bertz CT molecular complexity index is 1560. The number of aryl methyl sites for hydroxylation is 1. The molecule has 190 valence electrons. The minimum atomic E-state index is -3.90. The van der Waals surface area contributed by atoms with Gasteiger partial charge in [-0.1, -0.05) is 18.2 Å². The molecule has 8 nitrogen and oxygen atoms in total. The number of nitrogens with one attached hydrogen (secondary N) is 1. The van der Waals surface area contributed by atoms with Crippen LogP contribution in [-0.4, -0.2) is 60.3 Å². The molecule has 4 aromatic rings. The molecule has 37 heavy (non-hydrogen) atoms. The minimum absolute atomic E-state index is 0.0913. The van der Waals surface area contributed by atoms with Crippen molar-refractivity contribution in [3.63, 3.8) is 0 Å². The number of pyridine rings is 2. The van der Waals surface area contributed by atoms with Gasteiger partial charge in [-0.2, -0.15) is 0 Å². The average Bonchev–Trinajstić information content (AvgIpc) is 2.91. The molecule has 10 heteroatoms. The highest BCUT2D eigenvalue weighted by Gasteiger charge is 2.24. The number of para-hydroxylation sites is 1. The van der Waals surface area contributed by atoms with E-state index in [4.69, 9.17) is 0 Å². The first-order valence-electron chi connectivity index (χ1n) is 11.9. The SMILES string of the molecule is Cc1cc(C(=O)N2CCN(Cc3ncccc3F)CC2)ccc1NS(=O)(=O)c1cccc2cccnc12. The number of carbonyl (C=O) groups excluding carboxylic acids is 1. The Hall–Kier alpha value is -3.89. The summed E-state index contributed by atoms with van der Waals surface area (Å²) in [6, 6.07) is 16.5. The first-order chi connectivity index (χ1) is 17.8. The zero-order valence-corrected chi connectivity index (χ0v) is 21.1. The lowest BCUT2D eigenvalue weighted by atomic mass is 10.1. The molecule has 1 amide bonds. The second kappa shape index (κ2) is 10.2. The fourth-order valence-corrected chi connectivity index (χ4v) is 5.75. The van der Waals surface area contributed by atoms with Crippen molar-refractivity contribution < 1.29 is 17.6 Å². The Labute approximate surface area is 214 Å². The summed E-state index contributed by atoms with van der Waals surface area (Å²) >= 11 is 0. The number of carbonyl (C=O) groups is 1. The van der Waals surface area contributed by atoms with Crippen molar-refractivity contribution in [2.24, 2.45) is 0 Å².